The molecule has 4 nitrogen and oxygen atoms in total. The summed E-state index contributed by atoms with van der Waals surface area (Å²) >= 11 is 1.44. The third kappa shape index (κ3) is 2.42. The van der Waals surface area contributed by atoms with E-state index in [1.54, 1.807) is 10.6 Å². The van der Waals surface area contributed by atoms with Gasteiger partial charge in [-0.3, -0.25) is 9.20 Å². The number of fused-ring (bicyclic) bond motifs is 2. The number of benzene rings is 2. The molecule has 4 aromatic rings. The van der Waals surface area contributed by atoms with Crippen LogP contribution in [0.2, 0.25) is 0 Å². The number of aromatic nitrogens is 2. The molecule has 0 fully saturated rings. The van der Waals surface area contributed by atoms with E-state index in [1.165, 1.54) is 22.5 Å². The minimum absolute atomic E-state index is 0.0441. The Hall–Kier alpha value is -2.92. The largest absolute Gasteiger partial charge is 0.460 e. The molecule has 5 heteroatoms. The standard InChI is InChI=1S/C22H18N2O2S/c1-14-3-7-16(8-4-14)22(17-9-5-15(2)6-10-17)13-18-19(26-22)23-21-24(20(18)25)11-12-27-21/h3-12H,13H2,1-2H3. The van der Waals surface area contributed by atoms with Crippen molar-refractivity contribution in [2.24, 2.45) is 0 Å². The Balaban J connectivity index is 1.74. The predicted molar refractivity (Wildman–Crippen MR) is 107 cm³/mol. The Morgan fingerprint density at radius 3 is 2.19 bits per heavy atom. The highest BCUT2D eigenvalue weighted by Crippen LogP contribution is 2.44. The highest BCUT2D eigenvalue weighted by molar-refractivity contribution is 7.15. The second-order valence-electron chi connectivity index (χ2n) is 7.09. The molecule has 1 aliphatic rings. The lowest BCUT2D eigenvalue weighted by Gasteiger charge is -2.30. The van der Waals surface area contributed by atoms with Crippen LogP contribution >= 0.6 is 11.3 Å². The van der Waals surface area contributed by atoms with Crippen molar-refractivity contribution in [2.45, 2.75) is 25.9 Å². The fraction of sp³-hybridized carbons (Fsp3) is 0.182. The number of nitrogens with zero attached hydrogens (tertiary/aromatic N) is 2. The Labute approximate surface area is 160 Å². The zero-order valence-electron chi connectivity index (χ0n) is 15.1. The van der Waals surface area contributed by atoms with Crippen molar-refractivity contribution < 1.29 is 4.74 Å². The number of thiazole rings is 1. The summed E-state index contributed by atoms with van der Waals surface area (Å²) in [4.78, 5) is 18.3. The summed E-state index contributed by atoms with van der Waals surface area (Å²) < 4.78 is 8.09. The minimum Gasteiger partial charge on any atom is -0.460 e. The van der Waals surface area contributed by atoms with E-state index in [4.69, 9.17) is 4.74 Å². The highest BCUT2D eigenvalue weighted by Gasteiger charge is 2.45. The van der Waals surface area contributed by atoms with Crippen molar-refractivity contribution in [3.63, 3.8) is 0 Å². The molecule has 0 atom stereocenters. The highest BCUT2D eigenvalue weighted by atomic mass is 32.1. The molecule has 2 aromatic carbocycles. The van der Waals surface area contributed by atoms with Gasteiger partial charge in [-0.05, 0) is 13.8 Å². The topological polar surface area (TPSA) is 43.6 Å². The summed E-state index contributed by atoms with van der Waals surface area (Å²) in [5.41, 5.74) is 4.29. The van der Waals surface area contributed by atoms with Crippen LogP contribution in [0.3, 0.4) is 0 Å². The Morgan fingerprint density at radius 2 is 1.59 bits per heavy atom. The van der Waals surface area contributed by atoms with Crippen molar-refractivity contribution in [3.05, 3.63) is 98.3 Å². The first-order valence-corrected chi connectivity index (χ1v) is 9.77. The van der Waals surface area contributed by atoms with Gasteiger partial charge in [-0.25, -0.2) is 0 Å². The molecule has 0 aliphatic carbocycles. The van der Waals surface area contributed by atoms with Crippen LogP contribution in [0, 0.1) is 13.8 Å². The van der Waals surface area contributed by atoms with Crippen LogP contribution in [0.4, 0.5) is 0 Å². The van der Waals surface area contributed by atoms with Crippen LogP contribution in [-0.2, 0) is 12.0 Å². The molecule has 0 saturated heterocycles. The van der Waals surface area contributed by atoms with E-state index in [0.717, 1.165) is 11.1 Å². The van der Waals surface area contributed by atoms with Crippen LogP contribution < -0.4 is 10.3 Å². The van der Waals surface area contributed by atoms with E-state index in [9.17, 15) is 4.79 Å². The summed E-state index contributed by atoms with van der Waals surface area (Å²) in [7, 11) is 0. The van der Waals surface area contributed by atoms with Gasteiger partial charge in [0.15, 0.2) is 10.6 Å². The fourth-order valence-corrected chi connectivity index (χ4v) is 4.42. The predicted octanol–water partition coefficient (Wildman–Crippen LogP) is 4.25. The summed E-state index contributed by atoms with van der Waals surface area (Å²) in [5.74, 6) is 0.448. The quantitative estimate of drug-likeness (QED) is 0.527. The number of aryl methyl sites for hydroxylation is 2. The van der Waals surface area contributed by atoms with Crippen molar-refractivity contribution in [2.75, 3.05) is 0 Å². The summed E-state index contributed by atoms with van der Waals surface area (Å²) in [6.07, 6.45) is 2.24. The molecular weight excluding hydrogens is 356 g/mol. The molecule has 0 amide bonds. The molecule has 3 heterocycles. The van der Waals surface area contributed by atoms with Gasteiger partial charge in [0, 0.05) is 29.1 Å². The zero-order chi connectivity index (χ0) is 18.6. The lowest BCUT2D eigenvalue weighted by molar-refractivity contribution is 0.135. The summed E-state index contributed by atoms with van der Waals surface area (Å²) in [5, 5.41) is 1.87. The molecule has 0 unspecified atom stereocenters. The van der Waals surface area contributed by atoms with Gasteiger partial charge in [-0.15, -0.1) is 11.3 Å². The normalized spacial score (nSPS) is 14.9. The van der Waals surface area contributed by atoms with Gasteiger partial charge in [0.1, 0.15) is 0 Å². The van der Waals surface area contributed by atoms with E-state index in [2.05, 4.69) is 67.4 Å². The van der Waals surface area contributed by atoms with Gasteiger partial charge in [0.25, 0.3) is 5.56 Å². The summed E-state index contributed by atoms with van der Waals surface area (Å²) in [6.45, 7) is 4.13. The van der Waals surface area contributed by atoms with Gasteiger partial charge in [-0.2, -0.15) is 4.98 Å². The number of hydrogen-bond donors (Lipinski definition) is 0. The Bertz CT molecular complexity index is 1160. The van der Waals surface area contributed by atoms with Gasteiger partial charge in [-0.1, -0.05) is 59.7 Å². The molecule has 0 spiro atoms. The molecule has 134 valence electrons. The molecule has 5 rings (SSSR count). The van der Waals surface area contributed by atoms with E-state index >= 15 is 0 Å². The van der Waals surface area contributed by atoms with Crippen LogP contribution in [-0.4, -0.2) is 9.38 Å². The molecule has 0 bridgehead atoms. The van der Waals surface area contributed by atoms with Crippen LogP contribution in [0.1, 0.15) is 27.8 Å². The number of ether oxygens (including phenoxy) is 1. The zero-order valence-corrected chi connectivity index (χ0v) is 15.9. The Morgan fingerprint density at radius 1 is 1.00 bits per heavy atom. The number of rotatable bonds is 2. The third-order valence-electron chi connectivity index (χ3n) is 5.25. The van der Waals surface area contributed by atoms with Crippen molar-refractivity contribution in [3.8, 4) is 5.88 Å². The minimum atomic E-state index is -0.736. The maximum absolute atomic E-state index is 13.0. The second-order valence-corrected chi connectivity index (χ2v) is 7.97. The molecule has 1 aliphatic heterocycles. The fourth-order valence-electron chi connectivity index (χ4n) is 3.72. The average molecular weight is 374 g/mol. The van der Waals surface area contributed by atoms with Crippen molar-refractivity contribution in [1.82, 2.24) is 9.38 Å². The van der Waals surface area contributed by atoms with Crippen LogP contribution in [0.5, 0.6) is 5.88 Å². The average Bonchev–Trinajstić information content (AvgIpc) is 3.29. The Kier molecular flexibility index (Phi) is 3.49. The molecular formula is C22H18N2O2S. The lowest BCUT2D eigenvalue weighted by atomic mass is 9.82. The molecule has 27 heavy (non-hydrogen) atoms. The first-order valence-electron chi connectivity index (χ1n) is 8.89. The SMILES string of the molecule is Cc1ccc(C2(c3ccc(C)cc3)Cc3c(nc4sccn4c3=O)O2)cc1. The van der Waals surface area contributed by atoms with Crippen LogP contribution in [0.25, 0.3) is 4.96 Å². The van der Waals surface area contributed by atoms with E-state index in [1.807, 2.05) is 5.38 Å². The van der Waals surface area contributed by atoms with E-state index in [-0.39, 0.29) is 5.56 Å². The van der Waals surface area contributed by atoms with E-state index < -0.39 is 5.60 Å². The first-order chi connectivity index (χ1) is 13.1. The number of hydrogen-bond acceptors (Lipinski definition) is 4. The van der Waals surface area contributed by atoms with E-state index in [0.29, 0.717) is 22.8 Å². The second kappa shape index (κ2) is 5.79. The third-order valence-corrected chi connectivity index (χ3v) is 6.01. The maximum Gasteiger partial charge on any atom is 0.265 e. The molecule has 0 radical (unpaired) electrons. The molecule has 0 N–H and O–H groups in total. The first kappa shape index (κ1) is 16.3. The molecule has 2 aromatic heterocycles. The summed E-state index contributed by atoms with van der Waals surface area (Å²) in [6, 6.07) is 16.7. The molecule has 0 saturated carbocycles. The van der Waals surface area contributed by atoms with Crippen LogP contribution in [0.15, 0.2) is 64.9 Å². The van der Waals surface area contributed by atoms with Crippen molar-refractivity contribution >= 4 is 16.3 Å². The van der Waals surface area contributed by atoms with Gasteiger partial charge in [0.05, 0.1) is 5.56 Å². The van der Waals surface area contributed by atoms with Gasteiger partial charge in [0.2, 0.25) is 5.88 Å². The lowest BCUT2D eigenvalue weighted by Crippen LogP contribution is -2.33. The maximum atomic E-state index is 13.0. The smallest absolute Gasteiger partial charge is 0.265 e. The van der Waals surface area contributed by atoms with Crippen molar-refractivity contribution in [1.29, 1.82) is 0 Å². The van der Waals surface area contributed by atoms with Gasteiger partial charge >= 0.3 is 0 Å². The monoisotopic (exact) mass is 374 g/mol. The van der Waals surface area contributed by atoms with Gasteiger partial charge < -0.3 is 4.74 Å².